The van der Waals surface area contributed by atoms with Crippen LogP contribution in [0, 0.1) is 11.3 Å². The number of aromatic hydroxyl groups is 1. The molecule has 0 bridgehead atoms. The Morgan fingerprint density at radius 2 is 1.82 bits per heavy atom. The summed E-state index contributed by atoms with van der Waals surface area (Å²) < 4.78 is 26.6. The monoisotopic (exact) mass is 402 g/mol. The van der Waals surface area contributed by atoms with E-state index in [1.807, 2.05) is 30.3 Å². The number of benzene rings is 2. The average molecular weight is 402 g/mol. The second-order valence-corrected chi connectivity index (χ2v) is 8.58. The van der Waals surface area contributed by atoms with Gasteiger partial charge >= 0.3 is 5.97 Å². The number of aliphatic carboxylic acids is 1. The van der Waals surface area contributed by atoms with Crippen LogP contribution in [0.5, 0.6) is 5.75 Å². The molecular formula is C20H22N2O5S. The first kappa shape index (κ1) is 21.4. The van der Waals surface area contributed by atoms with Gasteiger partial charge in [-0.2, -0.15) is 9.57 Å². The standard InChI is InChI=1S/C20H22N2O5S/c1-14(2)17-6-3-15(4-7-17)9-10-22(13-20(24)25)28(26,27)19-11-16(12-21)5-8-18(19)23/h3-8,11,14,23H,9-10,13H2,1-2H3,(H,24,25). The predicted molar refractivity (Wildman–Crippen MR) is 103 cm³/mol. The zero-order chi connectivity index (χ0) is 20.9. The van der Waals surface area contributed by atoms with Crippen molar-refractivity contribution in [1.29, 1.82) is 5.26 Å². The molecule has 0 radical (unpaired) electrons. The van der Waals surface area contributed by atoms with Crippen molar-refractivity contribution < 1.29 is 23.4 Å². The first-order valence-corrected chi connectivity index (χ1v) is 10.1. The highest BCUT2D eigenvalue weighted by molar-refractivity contribution is 7.89. The van der Waals surface area contributed by atoms with E-state index in [9.17, 15) is 18.3 Å². The summed E-state index contributed by atoms with van der Waals surface area (Å²) in [6.07, 6.45) is 0.309. The van der Waals surface area contributed by atoms with Crippen LogP contribution in [0.15, 0.2) is 47.4 Å². The molecule has 0 aliphatic heterocycles. The fraction of sp³-hybridized carbons (Fsp3) is 0.300. The molecule has 0 amide bonds. The van der Waals surface area contributed by atoms with Gasteiger partial charge in [0.2, 0.25) is 10.0 Å². The first-order valence-electron chi connectivity index (χ1n) is 8.69. The van der Waals surface area contributed by atoms with Gasteiger partial charge in [-0.25, -0.2) is 8.42 Å². The van der Waals surface area contributed by atoms with Crippen LogP contribution in [0.3, 0.4) is 0 Å². The van der Waals surface area contributed by atoms with E-state index in [1.54, 1.807) is 0 Å². The van der Waals surface area contributed by atoms with Crippen molar-refractivity contribution in [3.8, 4) is 11.8 Å². The second-order valence-electron chi connectivity index (χ2n) is 6.67. The van der Waals surface area contributed by atoms with Crippen molar-refractivity contribution in [2.45, 2.75) is 31.1 Å². The quantitative estimate of drug-likeness (QED) is 0.701. The van der Waals surface area contributed by atoms with Gasteiger partial charge in [0.05, 0.1) is 11.6 Å². The van der Waals surface area contributed by atoms with Gasteiger partial charge in [0.15, 0.2) is 0 Å². The van der Waals surface area contributed by atoms with Crippen LogP contribution >= 0.6 is 0 Å². The van der Waals surface area contributed by atoms with Crippen molar-refractivity contribution in [3.63, 3.8) is 0 Å². The van der Waals surface area contributed by atoms with Gasteiger partial charge < -0.3 is 10.2 Å². The van der Waals surface area contributed by atoms with Gasteiger partial charge in [-0.15, -0.1) is 0 Å². The van der Waals surface area contributed by atoms with Gasteiger partial charge in [0, 0.05) is 6.54 Å². The molecule has 8 heteroatoms. The molecule has 0 spiro atoms. The van der Waals surface area contributed by atoms with Crippen molar-refractivity contribution >= 4 is 16.0 Å². The van der Waals surface area contributed by atoms with Gasteiger partial charge in [-0.1, -0.05) is 38.1 Å². The van der Waals surface area contributed by atoms with Crippen molar-refractivity contribution in [1.82, 2.24) is 4.31 Å². The highest BCUT2D eigenvalue weighted by Gasteiger charge is 2.29. The topological polar surface area (TPSA) is 119 Å². The molecule has 2 aromatic rings. The van der Waals surface area contributed by atoms with Gasteiger partial charge in [-0.3, -0.25) is 4.79 Å². The zero-order valence-corrected chi connectivity index (χ0v) is 16.5. The molecule has 2 N–H and O–H groups in total. The molecule has 0 unspecified atom stereocenters. The van der Waals surface area contributed by atoms with Crippen molar-refractivity contribution in [2.24, 2.45) is 0 Å². The van der Waals surface area contributed by atoms with Gasteiger partial charge in [0.1, 0.15) is 17.2 Å². The minimum Gasteiger partial charge on any atom is -0.507 e. The lowest BCUT2D eigenvalue weighted by Gasteiger charge is -2.21. The molecule has 0 fully saturated rings. The molecule has 2 rings (SSSR count). The van der Waals surface area contributed by atoms with Gasteiger partial charge in [0.25, 0.3) is 0 Å². The number of phenols is 1. The predicted octanol–water partition coefficient (Wildman–Crippen LogP) is 2.71. The molecular weight excluding hydrogens is 380 g/mol. The smallest absolute Gasteiger partial charge is 0.318 e. The minimum absolute atomic E-state index is 0.0518. The molecule has 0 aliphatic rings. The van der Waals surface area contributed by atoms with Crippen LogP contribution in [0.2, 0.25) is 0 Å². The molecule has 2 aromatic carbocycles. The van der Waals surface area contributed by atoms with Crippen molar-refractivity contribution in [3.05, 3.63) is 59.2 Å². The van der Waals surface area contributed by atoms with E-state index in [2.05, 4.69) is 13.8 Å². The Morgan fingerprint density at radius 3 is 2.36 bits per heavy atom. The number of sulfonamides is 1. The molecule has 0 aromatic heterocycles. The summed E-state index contributed by atoms with van der Waals surface area (Å²) in [5.41, 5.74) is 2.07. The lowest BCUT2D eigenvalue weighted by molar-refractivity contribution is -0.137. The van der Waals surface area contributed by atoms with E-state index in [1.165, 1.54) is 6.07 Å². The van der Waals surface area contributed by atoms with Crippen LogP contribution in [0.4, 0.5) is 0 Å². The van der Waals surface area contributed by atoms with E-state index < -0.39 is 33.2 Å². The molecule has 0 heterocycles. The number of carboxylic acids is 1. The molecule has 0 saturated heterocycles. The highest BCUT2D eigenvalue weighted by Crippen LogP contribution is 2.27. The number of rotatable bonds is 8. The molecule has 148 valence electrons. The maximum Gasteiger partial charge on any atom is 0.318 e. The van der Waals surface area contributed by atoms with E-state index >= 15 is 0 Å². The number of carbonyl (C=O) groups is 1. The highest BCUT2D eigenvalue weighted by atomic mass is 32.2. The van der Waals surface area contributed by atoms with E-state index in [-0.39, 0.29) is 12.1 Å². The van der Waals surface area contributed by atoms with Crippen LogP contribution in [0.1, 0.15) is 36.5 Å². The Labute approximate surface area is 164 Å². The summed E-state index contributed by atoms with van der Waals surface area (Å²) in [5.74, 6) is -1.47. The first-order chi connectivity index (χ1) is 13.1. The third kappa shape index (κ3) is 5.09. The Bertz CT molecular complexity index is 992. The summed E-state index contributed by atoms with van der Waals surface area (Å²) in [5, 5.41) is 28.1. The maximum absolute atomic E-state index is 12.9. The summed E-state index contributed by atoms with van der Waals surface area (Å²) in [6.45, 7) is 3.31. The average Bonchev–Trinajstić information content (AvgIpc) is 2.65. The number of nitriles is 1. The number of phenolic OH excluding ortho intramolecular Hbond substituents is 1. The molecule has 0 aliphatic carbocycles. The molecule has 0 saturated carbocycles. The number of carboxylic acid groups (broad SMARTS) is 1. The van der Waals surface area contributed by atoms with Crippen LogP contribution < -0.4 is 0 Å². The number of nitrogens with zero attached hydrogens (tertiary/aromatic N) is 2. The molecule has 7 nitrogen and oxygen atoms in total. The minimum atomic E-state index is -4.30. The number of hydrogen-bond donors (Lipinski definition) is 2. The lowest BCUT2D eigenvalue weighted by Crippen LogP contribution is -2.37. The largest absolute Gasteiger partial charge is 0.507 e. The van der Waals surface area contributed by atoms with Crippen LogP contribution in [0.25, 0.3) is 0 Å². The molecule has 28 heavy (non-hydrogen) atoms. The van der Waals surface area contributed by atoms with E-state index in [4.69, 9.17) is 10.4 Å². The van der Waals surface area contributed by atoms with Crippen LogP contribution in [-0.4, -0.2) is 42.0 Å². The Morgan fingerprint density at radius 1 is 1.18 bits per heavy atom. The summed E-state index contributed by atoms with van der Waals surface area (Å²) in [4.78, 5) is 10.7. The zero-order valence-electron chi connectivity index (χ0n) is 15.7. The number of hydrogen-bond acceptors (Lipinski definition) is 5. The second kappa shape index (κ2) is 8.87. The van der Waals surface area contributed by atoms with E-state index in [0.717, 1.165) is 27.6 Å². The summed E-state index contributed by atoms with van der Waals surface area (Å²) in [6, 6.07) is 12.9. The SMILES string of the molecule is CC(C)c1ccc(CCN(CC(=O)O)S(=O)(=O)c2cc(C#N)ccc2O)cc1. The third-order valence-electron chi connectivity index (χ3n) is 4.31. The summed E-state index contributed by atoms with van der Waals surface area (Å²) in [7, 11) is -4.30. The fourth-order valence-electron chi connectivity index (χ4n) is 2.69. The summed E-state index contributed by atoms with van der Waals surface area (Å²) >= 11 is 0. The Balaban J connectivity index is 2.30. The van der Waals surface area contributed by atoms with Crippen LogP contribution in [-0.2, 0) is 21.2 Å². The Hall–Kier alpha value is -2.89. The Kier molecular flexibility index (Phi) is 6.78. The van der Waals surface area contributed by atoms with Crippen molar-refractivity contribution in [2.75, 3.05) is 13.1 Å². The maximum atomic E-state index is 12.9. The fourth-order valence-corrected chi connectivity index (χ4v) is 4.19. The van der Waals surface area contributed by atoms with Gasteiger partial charge in [-0.05, 0) is 41.7 Å². The normalized spacial score (nSPS) is 11.5. The lowest BCUT2D eigenvalue weighted by atomic mass is 10.0. The third-order valence-corrected chi connectivity index (χ3v) is 6.19. The molecule has 0 atom stereocenters. The van der Waals surface area contributed by atoms with E-state index in [0.29, 0.717) is 12.3 Å².